The van der Waals surface area contributed by atoms with Crippen LogP contribution < -0.4 is 9.47 Å². The molecular weight excluding hydrogens is 426 g/mol. The molecule has 2 aromatic rings. The molecule has 0 radical (unpaired) electrons. The van der Waals surface area contributed by atoms with Crippen LogP contribution in [0.2, 0.25) is 0 Å². The van der Waals surface area contributed by atoms with Gasteiger partial charge in [-0.25, -0.2) is 4.79 Å². The highest BCUT2D eigenvalue weighted by molar-refractivity contribution is 5.68. The third-order valence-corrected chi connectivity index (χ3v) is 5.99. The van der Waals surface area contributed by atoms with Gasteiger partial charge in [-0.3, -0.25) is 0 Å². The average molecular weight is 468 g/mol. The molecule has 0 saturated carbocycles. The third kappa shape index (κ3) is 8.58. The van der Waals surface area contributed by atoms with E-state index >= 15 is 0 Å². The van der Waals surface area contributed by atoms with Crippen molar-refractivity contribution in [1.29, 1.82) is 0 Å². The van der Waals surface area contributed by atoms with E-state index in [4.69, 9.17) is 14.2 Å². The number of carbonyl (C=O) groups excluding carboxylic acids is 1. The van der Waals surface area contributed by atoms with Crippen LogP contribution in [0.5, 0.6) is 11.5 Å². The van der Waals surface area contributed by atoms with Gasteiger partial charge in [0.2, 0.25) is 0 Å². The van der Waals surface area contributed by atoms with Crippen LogP contribution in [0.1, 0.15) is 64.5 Å². The fourth-order valence-electron chi connectivity index (χ4n) is 4.35. The van der Waals surface area contributed by atoms with Gasteiger partial charge >= 0.3 is 6.09 Å². The molecule has 0 bridgehead atoms. The summed E-state index contributed by atoms with van der Waals surface area (Å²) in [7, 11) is 0. The number of piperidine rings is 1. The van der Waals surface area contributed by atoms with E-state index in [2.05, 4.69) is 36.4 Å². The lowest BCUT2D eigenvalue weighted by Gasteiger charge is -2.34. The van der Waals surface area contributed by atoms with Crippen molar-refractivity contribution in [2.45, 2.75) is 71.8 Å². The lowest BCUT2D eigenvalue weighted by atomic mass is 9.99. The summed E-state index contributed by atoms with van der Waals surface area (Å²) >= 11 is 0. The minimum Gasteiger partial charge on any atom is -0.494 e. The quantitative estimate of drug-likeness (QED) is 0.366. The molecule has 5 nitrogen and oxygen atoms in total. The van der Waals surface area contributed by atoms with Crippen molar-refractivity contribution in [2.75, 3.05) is 26.3 Å². The van der Waals surface area contributed by atoms with Crippen LogP contribution in [0.4, 0.5) is 4.79 Å². The normalized spacial score (nSPS) is 16.2. The Balaban J connectivity index is 1.46. The van der Waals surface area contributed by atoms with Crippen molar-refractivity contribution in [1.82, 2.24) is 4.90 Å². The molecule has 2 aromatic carbocycles. The first kappa shape index (κ1) is 25.9. The Morgan fingerprint density at radius 3 is 2.62 bits per heavy atom. The van der Waals surface area contributed by atoms with Gasteiger partial charge in [0.1, 0.15) is 17.1 Å². The monoisotopic (exact) mass is 467 g/mol. The van der Waals surface area contributed by atoms with Crippen molar-refractivity contribution in [3.05, 3.63) is 59.7 Å². The van der Waals surface area contributed by atoms with Crippen LogP contribution in [-0.2, 0) is 17.6 Å². The molecule has 0 aromatic heterocycles. The second kappa shape index (κ2) is 12.7. The lowest BCUT2D eigenvalue weighted by molar-refractivity contribution is 0.0139. The summed E-state index contributed by atoms with van der Waals surface area (Å²) in [5.41, 5.74) is 2.11. The molecule has 1 saturated heterocycles. The number of para-hydroxylation sites is 1. The molecule has 34 heavy (non-hydrogen) atoms. The van der Waals surface area contributed by atoms with Crippen molar-refractivity contribution in [2.24, 2.45) is 5.92 Å². The summed E-state index contributed by atoms with van der Waals surface area (Å²) in [6.45, 7) is 10.5. The maximum atomic E-state index is 12.4. The largest absolute Gasteiger partial charge is 0.494 e. The highest BCUT2D eigenvalue weighted by Gasteiger charge is 2.28. The summed E-state index contributed by atoms with van der Waals surface area (Å²) in [6, 6.07) is 16.7. The number of hydrogen-bond acceptors (Lipinski definition) is 4. The Bertz CT molecular complexity index is 905. The number of amides is 1. The maximum absolute atomic E-state index is 12.4. The van der Waals surface area contributed by atoms with Gasteiger partial charge in [0, 0.05) is 19.0 Å². The van der Waals surface area contributed by atoms with E-state index in [0.717, 1.165) is 56.6 Å². The number of carbonyl (C=O) groups is 1. The number of ether oxygens (including phenoxy) is 3. The molecule has 1 fully saturated rings. The molecule has 0 N–H and O–H groups in total. The molecule has 1 unspecified atom stereocenters. The molecule has 1 heterocycles. The van der Waals surface area contributed by atoms with Gasteiger partial charge in [-0.15, -0.1) is 0 Å². The fourth-order valence-corrected chi connectivity index (χ4v) is 4.35. The predicted octanol–water partition coefficient (Wildman–Crippen LogP) is 6.68. The Morgan fingerprint density at radius 1 is 1.03 bits per heavy atom. The first-order valence-corrected chi connectivity index (χ1v) is 12.7. The van der Waals surface area contributed by atoms with Gasteiger partial charge < -0.3 is 19.1 Å². The number of likely N-dealkylation sites (tertiary alicyclic amines) is 1. The molecular formula is C29H41NO4. The average Bonchev–Trinajstić information content (AvgIpc) is 2.81. The van der Waals surface area contributed by atoms with E-state index in [-0.39, 0.29) is 6.09 Å². The molecule has 1 aliphatic heterocycles. The second-order valence-corrected chi connectivity index (χ2v) is 10.1. The first-order chi connectivity index (χ1) is 16.3. The molecule has 1 amide bonds. The zero-order valence-electron chi connectivity index (χ0n) is 21.3. The maximum Gasteiger partial charge on any atom is 0.410 e. The van der Waals surface area contributed by atoms with Crippen LogP contribution >= 0.6 is 0 Å². The number of rotatable bonds is 10. The standard InChI is InChI=1S/C29H41NO4/c1-5-32-26-17-10-13-23(20-26)12-6-7-15-25-16-8-9-18-27(25)33-22-24-14-11-19-30(21-24)28(31)34-29(2,3)4/h8-10,13,16-18,20,24H,5-7,11-12,14-15,19,21-22H2,1-4H3. The van der Waals surface area contributed by atoms with Crippen LogP contribution in [0.25, 0.3) is 0 Å². The highest BCUT2D eigenvalue weighted by atomic mass is 16.6. The second-order valence-electron chi connectivity index (χ2n) is 10.1. The first-order valence-electron chi connectivity index (χ1n) is 12.7. The number of unbranched alkanes of at least 4 members (excludes halogenated alkanes) is 1. The van der Waals surface area contributed by atoms with E-state index in [1.165, 1.54) is 11.1 Å². The number of hydrogen-bond donors (Lipinski definition) is 0. The van der Waals surface area contributed by atoms with E-state index < -0.39 is 5.60 Å². The van der Waals surface area contributed by atoms with Crippen LogP contribution in [0.3, 0.4) is 0 Å². The Morgan fingerprint density at radius 2 is 1.82 bits per heavy atom. The third-order valence-electron chi connectivity index (χ3n) is 5.99. The highest BCUT2D eigenvalue weighted by Crippen LogP contribution is 2.25. The SMILES string of the molecule is CCOc1cccc(CCCCc2ccccc2OCC2CCCN(C(=O)OC(C)(C)C)C2)c1. The van der Waals surface area contributed by atoms with E-state index in [1.54, 1.807) is 0 Å². The van der Waals surface area contributed by atoms with Crippen LogP contribution in [-0.4, -0.2) is 42.9 Å². The topological polar surface area (TPSA) is 48.0 Å². The summed E-state index contributed by atoms with van der Waals surface area (Å²) in [4.78, 5) is 14.3. The van der Waals surface area contributed by atoms with Gasteiger partial charge in [-0.2, -0.15) is 0 Å². The molecule has 0 aliphatic carbocycles. The minimum absolute atomic E-state index is 0.218. The van der Waals surface area contributed by atoms with E-state index in [9.17, 15) is 4.79 Å². The summed E-state index contributed by atoms with van der Waals surface area (Å²) in [5.74, 6) is 2.24. The van der Waals surface area contributed by atoms with Gasteiger partial charge in [0.25, 0.3) is 0 Å². The Kier molecular flexibility index (Phi) is 9.67. The smallest absolute Gasteiger partial charge is 0.410 e. The van der Waals surface area contributed by atoms with E-state index in [0.29, 0.717) is 25.7 Å². The minimum atomic E-state index is -0.467. The van der Waals surface area contributed by atoms with Gasteiger partial charge in [-0.1, -0.05) is 30.3 Å². The van der Waals surface area contributed by atoms with Crippen molar-refractivity contribution in [3.63, 3.8) is 0 Å². The number of aryl methyl sites for hydroxylation is 2. The molecule has 186 valence electrons. The summed E-state index contributed by atoms with van der Waals surface area (Å²) in [5, 5.41) is 0. The predicted molar refractivity (Wildman–Crippen MR) is 137 cm³/mol. The number of nitrogens with zero attached hydrogens (tertiary/aromatic N) is 1. The van der Waals surface area contributed by atoms with Crippen molar-refractivity contribution < 1.29 is 19.0 Å². The lowest BCUT2D eigenvalue weighted by Crippen LogP contribution is -2.44. The van der Waals surface area contributed by atoms with Crippen molar-refractivity contribution >= 4 is 6.09 Å². The summed E-state index contributed by atoms with van der Waals surface area (Å²) < 4.78 is 17.4. The molecule has 5 heteroatoms. The molecule has 1 aliphatic rings. The number of benzene rings is 2. The van der Waals surface area contributed by atoms with Crippen LogP contribution in [0.15, 0.2) is 48.5 Å². The van der Waals surface area contributed by atoms with Crippen molar-refractivity contribution in [3.8, 4) is 11.5 Å². The van der Waals surface area contributed by atoms with Crippen LogP contribution in [0, 0.1) is 5.92 Å². The van der Waals surface area contributed by atoms with Gasteiger partial charge in [-0.05, 0) is 95.5 Å². The Labute approximate surface area is 205 Å². The zero-order chi connectivity index (χ0) is 24.4. The zero-order valence-corrected chi connectivity index (χ0v) is 21.3. The molecule has 1 atom stereocenters. The summed E-state index contributed by atoms with van der Waals surface area (Å²) in [6.07, 6.45) is 6.11. The fraction of sp³-hybridized carbons (Fsp3) is 0.552. The molecule has 3 rings (SSSR count). The van der Waals surface area contributed by atoms with Gasteiger partial charge in [0.05, 0.1) is 13.2 Å². The molecule has 0 spiro atoms. The Hall–Kier alpha value is -2.69. The van der Waals surface area contributed by atoms with Gasteiger partial charge in [0.15, 0.2) is 0 Å². The van der Waals surface area contributed by atoms with E-state index in [1.807, 2.05) is 44.7 Å².